The number of benzene rings is 1. The summed E-state index contributed by atoms with van der Waals surface area (Å²) in [5, 5.41) is 4.82. The number of sulfonamides is 1. The number of hydrogen-bond donors (Lipinski definition) is 0. The number of ether oxygens (including phenoxy) is 2. The molecule has 2 aromatic heterocycles. The first-order valence-electron chi connectivity index (χ1n) is 8.56. The fourth-order valence-corrected chi connectivity index (χ4v) is 5.49. The summed E-state index contributed by atoms with van der Waals surface area (Å²) in [6.07, 6.45) is -0.0564. The van der Waals surface area contributed by atoms with Crippen LogP contribution in [0.3, 0.4) is 0 Å². The number of thiophene rings is 1. The Morgan fingerprint density at radius 3 is 2.67 bits per heavy atom. The lowest BCUT2D eigenvalue weighted by atomic mass is 10.0. The highest BCUT2D eigenvalue weighted by molar-refractivity contribution is 7.85. The smallest absolute Gasteiger partial charge is 0.421 e. The van der Waals surface area contributed by atoms with Crippen molar-refractivity contribution in [1.29, 1.82) is 0 Å². The van der Waals surface area contributed by atoms with Gasteiger partial charge in [0.15, 0.2) is 27.2 Å². The van der Waals surface area contributed by atoms with Gasteiger partial charge in [-0.1, -0.05) is 16.8 Å². The van der Waals surface area contributed by atoms with Crippen molar-refractivity contribution >= 4 is 44.6 Å². The van der Waals surface area contributed by atoms with Crippen LogP contribution in [-0.2, 0) is 16.4 Å². The van der Waals surface area contributed by atoms with Crippen molar-refractivity contribution in [1.82, 2.24) is 5.16 Å². The first-order valence-corrected chi connectivity index (χ1v) is 11.3. The second-order valence-electron chi connectivity index (χ2n) is 6.48. The maximum absolute atomic E-state index is 12.9. The van der Waals surface area contributed by atoms with Crippen LogP contribution in [0.15, 0.2) is 33.0 Å². The molecule has 0 aliphatic carbocycles. The summed E-state index contributed by atoms with van der Waals surface area (Å²) in [6.45, 7) is 3.42. The monoisotopic (exact) mass is 467 g/mol. The number of Topliss-reactive ketones (excluding diaryl/α,β-unsaturated/α-hetero) is 1. The molecule has 1 aliphatic heterocycles. The molecule has 9 nitrogen and oxygen atoms in total. The SMILES string of the molecule is Cc1cc2c(cc1CC(=O)c1sccc1S(=O)(=O)[N+](=[N-])c1onc(C)c1Cl)OCO2. The normalized spacial score (nSPS) is 12.9. The molecule has 3 heterocycles. The number of carbonyl (C=O) groups is 1. The number of rotatable bonds is 6. The van der Waals surface area contributed by atoms with E-state index in [0.717, 1.165) is 16.9 Å². The van der Waals surface area contributed by atoms with E-state index in [2.05, 4.69) is 5.16 Å². The number of aromatic nitrogens is 1. The van der Waals surface area contributed by atoms with Crippen molar-refractivity contribution in [3.8, 4) is 11.5 Å². The zero-order valence-corrected chi connectivity index (χ0v) is 18.1. The van der Waals surface area contributed by atoms with Gasteiger partial charge in [0.25, 0.3) is 0 Å². The lowest BCUT2D eigenvalue weighted by molar-refractivity contribution is -0.309. The molecule has 0 atom stereocenters. The van der Waals surface area contributed by atoms with Crippen molar-refractivity contribution in [3.05, 3.63) is 55.8 Å². The molecule has 0 fully saturated rings. The summed E-state index contributed by atoms with van der Waals surface area (Å²) in [5.41, 5.74) is 11.9. The van der Waals surface area contributed by atoms with E-state index in [0.29, 0.717) is 17.1 Å². The molecule has 0 radical (unpaired) electrons. The van der Waals surface area contributed by atoms with Gasteiger partial charge in [-0.3, -0.25) is 9.32 Å². The molecule has 1 aliphatic rings. The summed E-state index contributed by atoms with van der Waals surface area (Å²) < 4.78 is 41.1. The molecule has 30 heavy (non-hydrogen) atoms. The fourth-order valence-electron chi connectivity index (χ4n) is 2.90. The molecular weight excluding hydrogens is 454 g/mol. The molecule has 3 aromatic rings. The summed E-state index contributed by atoms with van der Waals surface area (Å²) in [6, 6.07) is 4.70. The first kappa shape index (κ1) is 20.5. The van der Waals surface area contributed by atoms with Gasteiger partial charge in [0.1, 0.15) is 5.69 Å². The maximum atomic E-state index is 12.9. The summed E-state index contributed by atoms with van der Waals surface area (Å²) in [5.74, 6) is 0.140. The number of ketones is 1. The van der Waals surface area contributed by atoms with Crippen LogP contribution in [0, 0.1) is 13.8 Å². The van der Waals surface area contributed by atoms with Gasteiger partial charge in [-0.25, -0.2) is 0 Å². The predicted molar refractivity (Wildman–Crippen MR) is 106 cm³/mol. The lowest BCUT2D eigenvalue weighted by Crippen LogP contribution is -2.16. The van der Waals surface area contributed by atoms with Crippen LogP contribution >= 0.6 is 22.9 Å². The van der Waals surface area contributed by atoms with Crippen LogP contribution in [0.4, 0.5) is 5.88 Å². The molecule has 0 saturated carbocycles. The Morgan fingerprint density at radius 1 is 1.30 bits per heavy atom. The first-order chi connectivity index (χ1) is 14.2. The highest BCUT2D eigenvalue weighted by Gasteiger charge is 2.35. The van der Waals surface area contributed by atoms with Crippen LogP contribution in [0.2, 0.25) is 5.02 Å². The largest absolute Gasteiger partial charge is 0.477 e. The highest BCUT2D eigenvalue weighted by atomic mass is 35.5. The second kappa shape index (κ2) is 7.49. The maximum Gasteiger partial charge on any atom is 0.421 e. The predicted octanol–water partition coefficient (Wildman–Crippen LogP) is 4.21. The van der Waals surface area contributed by atoms with Crippen LogP contribution in [0.1, 0.15) is 26.5 Å². The van der Waals surface area contributed by atoms with E-state index in [9.17, 15) is 18.7 Å². The number of hydrogen-bond acceptors (Lipinski definition) is 8. The quantitative estimate of drug-likeness (QED) is 0.302. The average Bonchev–Trinajstić information content (AvgIpc) is 3.43. The standard InChI is InChI=1S/C18H14ClN3O6S2/c1-9-5-13-14(27-8-26-13)7-11(9)6-12(23)17-15(3-4-29-17)30(24,25)22(20)18-16(19)10(2)21-28-18/h3-5,7H,6,8H2,1-2H3. The van der Waals surface area contributed by atoms with Crippen molar-refractivity contribution in [2.45, 2.75) is 25.2 Å². The Hall–Kier alpha value is -2.76. The van der Waals surface area contributed by atoms with Crippen molar-refractivity contribution in [3.63, 3.8) is 0 Å². The van der Waals surface area contributed by atoms with Crippen LogP contribution in [-0.4, -0.2) is 30.3 Å². The molecule has 12 heteroatoms. The van der Waals surface area contributed by atoms with Gasteiger partial charge in [-0.2, -0.15) is 8.42 Å². The van der Waals surface area contributed by atoms with E-state index in [1.807, 2.05) is 6.92 Å². The van der Waals surface area contributed by atoms with Crippen LogP contribution in [0.25, 0.3) is 5.53 Å². The molecular formula is C18H14ClN3O6S2. The third kappa shape index (κ3) is 3.38. The van der Waals surface area contributed by atoms with E-state index < -0.39 is 21.7 Å². The van der Waals surface area contributed by atoms with Crippen molar-refractivity contribution in [2.24, 2.45) is 0 Å². The molecule has 0 amide bonds. The summed E-state index contributed by atoms with van der Waals surface area (Å²) in [4.78, 5) is 12.6. The van der Waals surface area contributed by atoms with E-state index in [4.69, 9.17) is 25.6 Å². The third-order valence-electron chi connectivity index (χ3n) is 4.52. The van der Waals surface area contributed by atoms with E-state index in [-0.39, 0.29) is 37.8 Å². The van der Waals surface area contributed by atoms with E-state index >= 15 is 0 Å². The summed E-state index contributed by atoms with van der Waals surface area (Å²) >= 11 is 6.89. The van der Waals surface area contributed by atoms with Crippen molar-refractivity contribution in [2.75, 3.05) is 6.79 Å². The molecule has 0 saturated heterocycles. The average molecular weight is 468 g/mol. The number of halogens is 1. The Balaban J connectivity index is 1.65. The minimum atomic E-state index is -4.53. The Labute approximate surface area is 180 Å². The van der Waals surface area contributed by atoms with Gasteiger partial charge in [-0.05, 0) is 48.6 Å². The summed E-state index contributed by atoms with van der Waals surface area (Å²) in [7, 11) is -4.53. The van der Waals surface area contributed by atoms with Gasteiger partial charge >= 0.3 is 15.9 Å². The number of nitrogens with zero attached hydrogens (tertiary/aromatic N) is 3. The topological polar surface area (TPSA) is 121 Å². The van der Waals surface area contributed by atoms with E-state index in [1.54, 1.807) is 12.1 Å². The minimum absolute atomic E-state index is 0.0292. The zero-order valence-electron chi connectivity index (χ0n) is 15.7. The van der Waals surface area contributed by atoms with Gasteiger partial charge in [0, 0.05) is 6.42 Å². The van der Waals surface area contributed by atoms with Gasteiger partial charge in [0.2, 0.25) is 6.79 Å². The molecule has 1 aromatic carbocycles. The van der Waals surface area contributed by atoms with Gasteiger partial charge in [0.05, 0.1) is 4.88 Å². The zero-order chi connectivity index (χ0) is 21.6. The van der Waals surface area contributed by atoms with E-state index in [1.165, 1.54) is 18.4 Å². The molecule has 0 spiro atoms. The molecule has 0 N–H and O–H groups in total. The lowest BCUT2D eigenvalue weighted by Gasteiger charge is -2.08. The minimum Gasteiger partial charge on any atom is -0.477 e. The van der Waals surface area contributed by atoms with Crippen LogP contribution in [0.5, 0.6) is 11.5 Å². The Kier molecular flexibility index (Phi) is 5.12. The number of fused-ring (bicyclic) bond motifs is 1. The molecule has 4 rings (SSSR count). The van der Waals surface area contributed by atoms with Gasteiger partial charge < -0.3 is 15.0 Å². The molecule has 0 bridgehead atoms. The van der Waals surface area contributed by atoms with Gasteiger partial charge in [-0.15, -0.1) is 15.4 Å². The van der Waals surface area contributed by atoms with Crippen molar-refractivity contribution < 1.29 is 31.3 Å². The number of carbonyl (C=O) groups excluding carboxylic acids is 1. The Bertz CT molecular complexity index is 1300. The molecule has 156 valence electrons. The van der Waals surface area contributed by atoms with Crippen LogP contribution < -0.4 is 9.47 Å². The highest BCUT2D eigenvalue weighted by Crippen LogP contribution is 2.36. The Morgan fingerprint density at radius 2 is 2.00 bits per heavy atom. The fraction of sp³-hybridized carbons (Fsp3) is 0.222. The second-order valence-corrected chi connectivity index (χ2v) is 9.51. The third-order valence-corrected chi connectivity index (χ3v) is 7.56. The number of aryl methyl sites for hydroxylation is 2. The molecule has 0 unspecified atom stereocenters.